The predicted molar refractivity (Wildman–Crippen MR) is 86.2 cm³/mol. The summed E-state index contributed by atoms with van der Waals surface area (Å²) in [5, 5.41) is 7.68. The Morgan fingerprint density at radius 3 is 2.90 bits per heavy atom. The van der Waals surface area contributed by atoms with Gasteiger partial charge in [0, 0.05) is 27.8 Å². The summed E-state index contributed by atoms with van der Waals surface area (Å²) < 4.78 is 1.04. The van der Waals surface area contributed by atoms with E-state index in [0.29, 0.717) is 18.2 Å². The van der Waals surface area contributed by atoms with E-state index in [-0.39, 0.29) is 11.9 Å². The molecule has 0 bridgehead atoms. The number of aromatic nitrogens is 1. The fourth-order valence-corrected chi connectivity index (χ4v) is 4.33. The van der Waals surface area contributed by atoms with Gasteiger partial charge in [0.25, 0.3) is 5.91 Å². The molecule has 1 fully saturated rings. The predicted octanol–water partition coefficient (Wildman–Crippen LogP) is 3.10. The van der Waals surface area contributed by atoms with Crippen LogP contribution in [0.15, 0.2) is 21.3 Å². The van der Waals surface area contributed by atoms with Crippen LogP contribution in [0.1, 0.15) is 23.3 Å². The second-order valence-corrected chi connectivity index (χ2v) is 7.51. The number of nitrogens with zero attached hydrogens (tertiary/aromatic N) is 1. The van der Waals surface area contributed by atoms with Crippen LogP contribution in [0.4, 0.5) is 0 Å². The molecule has 4 nitrogen and oxygen atoms in total. The molecule has 1 saturated carbocycles. The van der Waals surface area contributed by atoms with E-state index in [9.17, 15) is 4.79 Å². The minimum absolute atomic E-state index is 0.0866. The first-order valence-corrected chi connectivity index (χ1v) is 8.93. The standard InChI is InChI=1S/C13H14BrN3OS2/c14-8-3-11(19-5-8)13-17-10(6-20-13)12(18)16-9(4-15)7-1-2-7/h3,5-7,9H,1-2,4,15H2,(H,16,18). The van der Waals surface area contributed by atoms with Gasteiger partial charge < -0.3 is 11.1 Å². The van der Waals surface area contributed by atoms with E-state index < -0.39 is 0 Å². The summed E-state index contributed by atoms with van der Waals surface area (Å²) in [5.74, 6) is 0.431. The zero-order valence-corrected chi connectivity index (χ0v) is 13.9. The molecular formula is C13H14BrN3OS2. The average molecular weight is 372 g/mol. The molecule has 3 N–H and O–H groups in total. The molecule has 7 heteroatoms. The number of halogens is 1. The number of nitrogens with one attached hydrogen (secondary N) is 1. The van der Waals surface area contributed by atoms with Gasteiger partial charge in [0.1, 0.15) is 10.7 Å². The van der Waals surface area contributed by atoms with Gasteiger partial charge in [-0.25, -0.2) is 4.98 Å². The van der Waals surface area contributed by atoms with Gasteiger partial charge in [0.15, 0.2) is 0 Å². The molecule has 106 valence electrons. The summed E-state index contributed by atoms with van der Waals surface area (Å²) >= 11 is 6.52. The van der Waals surface area contributed by atoms with Crippen molar-refractivity contribution in [3.8, 4) is 9.88 Å². The Hall–Kier alpha value is -0.760. The van der Waals surface area contributed by atoms with Crippen LogP contribution in [0, 0.1) is 5.92 Å². The number of hydrogen-bond donors (Lipinski definition) is 2. The third-order valence-corrected chi connectivity index (χ3v) is 5.98. The lowest BCUT2D eigenvalue weighted by molar-refractivity contribution is 0.0929. The Kier molecular flexibility index (Phi) is 4.21. The largest absolute Gasteiger partial charge is 0.346 e. The van der Waals surface area contributed by atoms with Gasteiger partial charge in [0.05, 0.1) is 4.88 Å². The third-order valence-electron chi connectivity index (χ3n) is 3.28. The topological polar surface area (TPSA) is 68.0 Å². The molecule has 0 spiro atoms. The highest BCUT2D eigenvalue weighted by atomic mass is 79.9. The van der Waals surface area contributed by atoms with Gasteiger partial charge in [-0.05, 0) is 40.8 Å². The first-order chi connectivity index (χ1) is 9.67. The Bertz CT molecular complexity index is 621. The highest BCUT2D eigenvalue weighted by Gasteiger charge is 2.31. The van der Waals surface area contributed by atoms with Gasteiger partial charge in [-0.3, -0.25) is 4.79 Å². The van der Waals surface area contributed by atoms with Crippen LogP contribution in [-0.2, 0) is 0 Å². The zero-order chi connectivity index (χ0) is 14.1. The van der Waals surface area contributed by atoms with Gasteiger partial charge in [0.2, 0.25) is 0 Å². The molecular weight excluding hydrogens is 358 g/mol. The molecule has 1 aliphatic rings. The van der Waals surface area contributed by atoms with Crippen molar-refractivity contribution in [1.29, 1.82) is 0 Å². The maximum Gasteiger partial charge on any atom is 0.271 e. The van der Waals surface area contributed by atoms with Crippen molar-refractivity contribution in [3.63, 3.8) is 0 Å². The second kappa shape index (κ2) is 5.93. The molecule has 2 aromatic heterocycles. The maximum atomic E-state index is 12.2. The Balaban J connectivity index is 1.71. The van der Waals surface area contributed by atoms with Crippen molar-refractivity contribution < 1.29 is 4.79 Å². The Morgan fingerprint density at radius 2 is 2.30 bits per heavy atom. The van der Waals surface area contributed by atoms with E-state index >= 15 is 0 Å². The van der Waals surface area contributed by atoms with Crippen molar-refractivity contribution in [2.24, 2.45) is 11.7 Å². The fraction of sp³-hybridized carbons (Fsp3) is 0.385. The SMILES string of the molecule is NCC(NC(=O)c1csc(-c2cc(Br)cs2)n1)C1CC1. The lowest BCUT2D eigenvalue weighted by Gasteiger charge is -2.14. The van der Waals surface area contributed by atoms with E-state index in [0.717, 1.165) is 27.2 Å². The highest BCUT2D eigenvalue weighted by molar-refractivity contribution is 9.10. The van der Waals surface area contributed by atoms with E-state index in [1.165, 1.54) is 11.3 Å². The third kappa shape index (κ3) is 3.11. The number of hydrogen-bond acceptors (Lipinski definition) is 5. The molecule has 20 heavy (non-hydrogen) atoms. The van der Waals surface area contributed by atoms with E-state index in [2.05, 4.69) is 26.2 Å². The number of carbonyl (C=O) groups is 1. The summed E-state index contributed by atoms with van der Waals surface area (Å²) in [6, 6.07) is 2.10. The normalized spacial score (nSPS) is 16.1. The van der Waals surface area contributed by atoms with Crippen LogP contribution in [0.3, 0.4) is 0 Å². The van der Waals surface area contributed by atoms with Gasteiger partial charge >= 0.3 is 0 Å². The Labute approximate surface area is 133 Å². The molecule has 2 aromatic rings. The van der Waals surface area contributed by atoms with Crippen LogP contribution >= 0.6 is 38.6 Å². The number of nitrogens with two attached hydrogens (primary N) is 1. The fourth-order valence-electron chi connectivity index (χ4n) is 2.03. The van der Waals surface area contributed by atoms with Crippen molar-refractivity contribution >= 4 is 44.5 Å². The van der Waals surface area contributed by atoms with Crippen LogP contribution in [0.2, 0.25) is 0 Å². The summed E-state index contributed by atoms with van der Waals surface area (Å²) in [6.45, 7) is 0.491. The molecule has 1 unspecified atom stereocenters. The van der Waals surface area contributed by atoms with Gasteiger partial charge in [-0.2, -0.15) is 0 Å². The number of thiazole rings is 1. The average Bonchev–Trinajstić information content (AvgIpc) is 2.99. The summed E-state index contributed by atoms with van der Waals surface area (Å²) in [6.07, 6.45) is 2.32. The van der Waals surface area contributed by atoms with E-state index in [1.54, 1.807) is 16.7 Å². The number of amides is 1. The number of thiophene rings is 1. The van der Waals surface area contributed by atoms with E-state index in [4.69, 9.17) is 5.73 Å². The van der Waals surface area contributed by atoms with Crippen molar-refractivity contribution in [3.05, 3.63) is 27.0 Å². The van der Waals surface area contributed by atoms with Crippen LogP contribution in [0.25, 0.3) is 9.88 Å². The van der Waals surface area contributed by atoms with Crippen LogP contribution in [0.5, 0.6) is 0 Å². The van der Waals surface area contributed by atoms with E-state index in [1.807, 2.05) is 11.4 Å². The first-order valence-electron chi connectivity index (χ1n) is 6.38. The quantitative estimate of drug-likeness (QED) is 0.848. The molecule has 0 radical (unpaired) electrons. The molecule has 1 aliphatic carbocycles. The lowest BCUT2D eigenvalue weighted by Crippen LogP contribution is -2.41. The zero-order valence-electron chi connectivity index (χ0n) is 10.6. The lowest BCUT2D eigenvalue weighted by atomic mass is 10.2. The maximum absolute atomic E-state index is 12.2. The minimum atomic E-state index is -0.120. The molecule has 0 aromatic carbocycles. The minimum Gasteiger partial charge on any atom is -0.346 e. The van der Waals surface area contributed by atoms with Gasteiger partial charge in [-0.1, -0.05) is 0 Å². The molecule has 2 heterocycles. The van der Waals surface area contributed by atoms with Crippen LogP contribution in [-0.4, -0.2) is 23.5 Å². The second-order valence-electron chi connectivity index (χ2n) is 4.82. The number of carbonyl (C=O) groups excluding carboxylic acids is 1. The molecule has 1 atom stereocenters. The van der Waals surface area contributed by atoms with Crippen molar-refractivity contribution in [1.82, 2.24) is 10.3 Å². The summed E-state index contributed by atoms with van der Waals surface area (Å²) in [7, 11) is 0. The molecule has 3 rings (SSSR count). The smallest absolute Gasteiger partial charge is 0.271 e. The number of rotatable bonds is 5. The molecule has 1 amide bonds. The monoisotopic (exact) mass is 371 g/mol. The van der Waals surface area contributed by atoms with Crippen molar-refractivity contribution in [2.75, 3.05) is 6.54 Å². The molecule has 0 aliphatic heterocycles. The summed E-state index contributed by atoms with van der Waals surface area (Å²) in [5.41, 5.74) is 6.18. The summed E-state index contributed by atoms with van der Waals surface area (Å²) in [4.78, 5) is 17.7. The first kappa shape index (κ1) is 14.2. The van der Waals surface area contributed by atoms with Crippen molar-refractivity contribution in [2.45, 2.75) is 18.9 Å². The highest BCUT2D eigenvalue weighted by Crippen LogP contribution is 2.33. The van der Waals surface area contributed by atoms with Crippen LogP contribution < -0.4 is 11.1 Å². The van der Waals surface area contributed by atoms with Gasteiger partial charge in [-0.15, -0.1) is 22.7 Å². The Morgan fingerprint density at radius 1 is 1.50 bits per heavy atom. The molecule has 0 saturated heterocycles.